The van der Waals surface area contributed by atoms with Crippen LogP contribution in [0.3, 0.4) is 0 Å². The molecule has 1 aromatic heterocycles. The second-order valence-electron chi connectivity index (χ2n) is 5.65. The number of aromatic nitrogens is 2. The lowest BCUT2D eigenvalue weighted by molar-refractivity contribution is 0.357. The van der Waals surface area contributed by atoms with E-state index >= 15 is 0 Å². The number of hydrogen-bond donors (Lipinski definition) is 0. The molecule has 0 aliphatic heterocycles. The summed E-state index contributed by atoms with van der Waals surface area (Å²) in [6.45, 7) is 4.96. The fraction of sp³-hybridized carbons (Fsp3) is 0.533. The first-order chi connectivity index (χ1) is 9.81. The topological polar surface area (TPSA) is 21.1 Å². The number of fused-ring (bicyclic) bond motifs is 1. The Morgan fingerprint density at radius 3 is 2.62 bits per heavy atom. The van der Waals surface area contributed by atoms with Gasteiger partial charge in [0.1, 0.15) is 11.6 Å². The number of imidazole rings is 1. The largest absolute Gasteiger partial charge is 0.324 e. The molecule has 0 saturated carbocycles. The van der Waals surface area contributed by atoms with Crippen LogP contribution in [0.25, 0.3) is 11.0 Å². The maximum Gasteiger partial charge on any atom is 0.139 e. The van der Waals surface area contributed by atoms with Crippen LogP contribution in [0.4, 0.5) is 4.39 Å². The van der Waals surface area contributed by atoms with Crippen molar-refractivity contribution in [3.8, 4) is 0 Å². The molecule has 2 atom stereocenters. The van der Waals surface area contributed by atoms with Gasteiger partial charge in [-0.2, -0.15) is 0 Å². The van der Waals surface area contributed by atoms with Crippen LogP contribution in [0.15, 0.2) is 16.6 Å². The first-order valence-electron chi connectivity index (χ1n) is 6.97. The smallest absolute Gasteiger partial charge is 0.139 e. The van der Waals surface area contributed by atoms with Crippen molar-refractivity contribution in [2.24, 2.45) is 0 Å². The molecule has 0 saturated heterocycles. The summed E-state index contributed by atoms with van der Waals surface area (Å²) in [6.07, 6.45) is 0.951. The van der Waals surface area contributed by atoms with Crippen LogP contribution < -0.4 is 0 Å². The lowest BCUT2D eigenvalue weighted by Crippen LogP contribution is -2.18. The summed E-state index contributed by atoms with van der Waals surface area (Å²) in [4.78, 5) is 6.72. The number of alkyl halides is 1. The Balaban J connectivity index is 2.52. The molecule has 0 spiro atoms. The van der Waals surface area contributed by atoms with E-state index in [2.05, 4.69) is 37.3 Å². The molecule has 1 aromatic carbocycles. The Morgan fingerprint density at radius 1 is 1.38 bits per heavy atom. The summed E-state index contributed by atoms with van der Waals surface area (Å²) in [5.74, 6) is 0.507. The van der Waals surface area contributed by atoms with Crippen LogP contribution in [0.5, 0.6) is 0 Å². The summed E-state index contributed by atoms with van der Waals surface area (Å²) < 4.78 is 16.4. The van der Waals surface area contributed by atoms with Gasteiger partial charge in [0.05, 0.1) is 20.9 Å². The third-order valence-electron chi connectivity index (χ3n) is 3.55. The van der Waals surface area contributed by atoms with Gasteiger partial charge in [-0.15, -0.1) is 11.6 Å². The molecule has 0 bridgehead atoms. The monoisotopic (exact) mass is 375 g/mol. The molecule has 2 aromatic rings. The summed E-state index contributed by atoms with van der Waals surface area (Å²) in [7, 11) is 4.08. The van der Waals surface area contributed by atoms with E-state index < -0.39 is 0 Å². The lowest BCUT2D eigenvalue weighted by Gasteiger charge is -2.20. The zero-order chi connectivity index (χ0) is 15.7. The van der Waals surface area contributed by atoms with Gasteiger partial charge in [0.25, 0.3) is 0 Å². The Morgan fingerprint density at radius 2 is 2.05 bits per heavy atom. The van der Waals surface area contributed by atoms with Crippen molar-refractivity contribution in [3.05, 3.63) is 28.2 Å². The van der Waals surface area contributed by atoms with Gasteiger partial charge in [-0.05, 0) is 62.9 Å². The van der Waals surface area contributed by atoms with Crippen molar-refractivity contribution < 1.29 is 4.39 Å². The highest BCUT2D eigenvalue weighted by atomic mass is 79.9. The van der Waals surface area contributed by atoms with Gasteiger partial charge in [0, 0.05) is 12.1 Å². The molecule has 116 valence electrons. The second kappa shape index (κ2) is 6.63. The zero-order valence-corrected chi connectivity index (χ0v) is 15.0. The van der Waals surface area contributed by atoms with E-state index in [-0.39, 0.29) is 17.2 Å². The van der Waals surface area contributed by atoms with Crippen LogP contribution in [0.1, 0.15) is 37.5 Å². The maximum absolute atomic E-state index is 13.9. The summed E-state index contributed by atoms with van der Waals surface area (Å²) >= 11 is 9.48. The van der Waals surface area contributed by atoms with Crippen molar-refractivity contribution in [2.45, 2.75) is 31.7 Å². The van der Waals surface area contributed by atoms with E-state index in [1.807, 2.05) is 21.0 Å². The number of rotatable bonds is 5. The van der Waals surface area contributed by atoms with Gasteiger partial charge in [-0.25, -0.2) is 9.37 Å². The van der Waals surface area contributed by atoms with Crippen LogP contribution >= 0.6 is 27.5 Å². The first-order valence-corrected chi connectivity index (χ1v) is 8.20. The van der Waals surface area contributed by atoms with E-state index in [1.165, 1.54) is 6.07 Å². The molecule has 0 fully saturated rings. The average molecular weight is 377 g/mol. The highest BCUT2D eigenvalue weighted by molar-refractivity contribution is 9.10. The molecular formula is C15H20BrClFN3. The third-order valence-corrected chi connectivity index (χ3v) is 4.35. The van der Waals surface area contributed by atoms with E-state index in [0.717, 1.165) is 29.8 Å². The Labute approximate surface area is 138 Å². The van der Waals surface area contributed by atoms with Crippen molar-refractivity contribution in [1.29, 1.82) is 0 Å². The van der Waals surface area contributed by atoms with Crippen molar-refractivity contribution in [3.63, 3.8) is 0 Å². The van der Waals surface area contributed by atoms with Gasteiger partial charge >= 0.3 is 0 Å². The molecule has 0 amide bonds. The first kappa shape index (κ1) is 16.7. The number of halogens is 3. The van der Waals surface area contributed by atoms with Crippen molar-refractivity contribution in [2.75, 3.05) is 20.6 Å². The van der Waals surface area contributed by atoms with Crippen LogP contribution in [0, 0.1) is 5.82 Å². The standard InChI is InChI=1S/C15H20BrClFN3/c1-9(5-6-20(3)4)21-14-8-12(18)11(16)7-13(14)19-15(21)10(2)17/h7-10H,5-6H2,1-4H3. The van der Waals surface area contributed by atoms with Crippen molar-refractivity contribution >= 4 is 38.6 Å². The molecule has 0 aliphatic rings. The van der Waals surface area contributed by atoms with Gasteiger partial charge in [0.15, 0.2) is 0 Å². The summed E-state index contributed by atoms with van der Waals surface area (Å²) in [6, 6.07) is 3.44. The van der Waals surface area contributed by atoms with Gasteiger partial charge < -0.3 is 9.47 Å². The minimum absolute atomic E-state index is 0.203. The molecule has 2 unspecified atom stereocenters. The van der Waals surface area contributed by atoms with E-state index in [1.54, 1.807) is 6.07 Å². The fourth-order valence-electron chi connectivity index (χ4n) is 2.43. The molecule has 0 radical (unpaired) electrons. The molecule has 21 heavy (non-hydrogen) atoms. The van der Waals surface area contributed by atoms with Crippen LogP contribution in [-0.4, -0.2) is 35.1 Å². The third kappa shape index (κ3) is 3.58. The summed E-state index contributed by atoms with van der Waals surface area (Å²) in [5, 5.41) is -0.221. The van der Waals surface area contributed by atoms with E-state index in [9.17, 15) is 4.39 Å². The van der Waals surface area contributed by atoms with Gasteiger partial charge in [0.2, 0.25) is 0 Å². The summed E-state index contributed by atoms with van der Waals surface area (Å²) in [5.41, 5.74) is 1.56. The maximum atomic E-state index is 13.9. The Bertz CT molecular complexity index is 639. The molecule has 2 rings (SSSR count). The molecule has 0 aliphatic carbocycles. The number of nitrogens with zero attached hydrogens (tertiary/aromatic N) is 3. The molecule has 6 heteroatoms. The second-order valence-corrected chi connectivity index (χ2v) is 7.16. The molecule has 0 N–H and O–H groups in total. The SMILES string of the molecule is CC(Cl)c1nc2cc(Br)c(F)cc2n1C(C)CCN(C)C. The molecule has 1 heterocycles. The van der Waals surface area contributed by atoms with Gasteiger partial charge in [-0.1, -0.05) is 0 Å². The lowest BCUT2D eigenvalue weighted by atomic mass is 10.2. The van der Waals surface area contributed by atoms with Crippen molar-refractivity contribution in [1.82, 2.24) is 14.5 Å². The molecular weight excluding hydrogens is 357 g/mol. The minimum atomic E-state index is -0.280. The predicted molar refractivity (Wildman–Crippen MR) is 89.5 cm³/mol. The average Bonchev–Trinajstić information content (AvgIpc) is 2.75. The normalized spacial score (nSPS) is 14.9. The van der Waals surface area contributed by atoms with Crippen LogP contribution in [-0.2, 0) is 0 Å². The highest BCUT2D eigenvalue weighted by Crippen LogP contribution is 2.31. The molecule has 3 nitrogen and oxygen atoms in total. The Kier molecular flexibility index (Phi) is 5.28. The number of benzene rings is 1. The zero-order valence-electron chi connectivity index (χ0n) is 12.7. The van der Waals surface area contributed by atoms with E-state index in [0.29, 0.717) is 4.47 Å². The predicted octanol–water partition coefficient (Wildman–Crippen LogP) is 4.75. The minimum Gasteiger partial charge on any atom is -0.324 e. The number of hydrogen-bond acceptors (Lipinski definition) is 2. The van der Waals surface area contributed by atoms with Gasteiger partial charge in [-0.3, -0.25) is 0 Å². The fourth-order valence-corrected chi connectivity index (χ4v) is 2.91. The quantitative estimate of drug-likeness (QED) is 0.702. The Hall–Kier alpha value is -0.650. The van der Waals surface area contributed by atoms with Crippen LogP contribution in [0.2, 0.25) is 0 Å². The highest BCUT2D eigenvalue weighted by Gasteiger charge is 2.20. The van der Waals surface area contributed by atoms with E-state index in [4.69, 9.17) is 11.6 Å².